The Labute approximate surface area is 199 Å². The van der Waals surface area contributed by atoms with Crippen molar-refractivity contribution in [3.63, 3.8) is 0 Å². The predicted octanol–water partition coefficient (Wildman–Crippen LogP) is 3.88. The molecule has 0 bridgehead atoms. The topological polar surface area (TPSA) is 62.7 Å². The number of rotatable bonds is 5. The number of ether oxygens (including phenoxy) is 1. The highest BCUT2D eigenvalue weighted by molar-refractivity contribution is 7.88. The van der Waals surface area contributed by atoms with Crippen molar-refractivity contribution in [1.82, 2.24) is 14.2 Å². The molecule has 10 heteroatoms. The Kier molecular flexibility index (Phi) is 5.80. The van der Waals surface area contributed by atoms with Crippen LogP contribution in [-0.2, 0) is 16.4 Å². The van der Waals surface area contributed by atoms with E-state index in [0.29, 0.717) is 32.6 Å². The summed E-state index contributed by atoms with van der Waals surface area (Å²) in [6, 6.07) is 2.05. The van der Waals surface area contributed by atoms with Gasteiger partial charge in [0, 0.05) is 37.5 Å². The number of fused-ring (bicyclic) bond motifs is 1. The maximum atomic E-state index is 13.3. The van der Waals surface area contributed by atoms with Gasteiger partial charge in [-0.15, -0.1) is 0 Å². The third-order valence-corrected chi connectivity index (χ3v) is 9.50. The van der Waals surface area contributed by atoms with Gasteiger partial charge in [-0.1, -0.05) is 6.08 Å². The van der Waals surface area contributed by atoms with Crippen molar-refractivity contribution >= 4 is 15.6 Å². The van der Waals surface area contributed by atoms with Crippen LogP contribution in [0.25, 0.3) is 5.57 Å². The molecular weight excluding hydrogens is 467 g/mol. The summed E-state index contributed by atoms with van der Waals surface area (Å²) in [6.07, 6.45) is 4.33. The van der Waals surface area contributed by atoms with Crippen LogP contribution < -0.4 is 4.74 Å². The Hall–Kier alpha value is -1.65. The Morgan fingerprint density at radius 2 is 1.91 bits per heavy atom. The molecule has 3 aliphatic heterocycles. The summed E-state index contributed by atoms with van der Waals surface area (Å²) in [5, 5.41) is 0. The van der Waals surface area contributed by atoms with Crippen LogP contribution in [0.2, 0.25) is 0 Å². The van der Waals surface area contributed by atoms with Crippen LogP contribution in [0, 0.1) is 11.3 Å². The molecule has 2 fully saturated rings. The van der Waals surface area contributed by atoms with Gasteiger partial charge in [0.05, 0.1) is 23.6 Å². The van der Waals surface area contributed by atoms with Gasteiger partial charge in [-0.2, -0.15) is 17.5 Å². The fraction of sp³-hybridized carbons (Fsp3) is 0.708. The van der Waals surface area contributed by atoms with Gasteiger partial charge >= 0.3 is 6.18 Å². The molecule has 1 saturated carbocycles. The number of alkyl halides is 3. The predicted molar refractivity (Wildman–Crippen MR) is 123 cm³/mol. The summed E-state index contributed by atoms with van der Waals surface area (Å²) in [5.74, 6) is 1.05. The molecule has 34 heavy (non-hydrogen) atoms. The van der Waals surface area contributed by atoms with Crippen molar-refractivity contribution in [2.24, 2.45) is 11.3 Å². The standard InChI is InChI=1S/C24H32F3N3O3S/c1-22(19-5-9-29(10-6-19)16-23(7-8-23)24(25,26)27)14-18-13-20(28-15-21(18)33-22)17-3-11-30(12-4-17)34(2,31)32/h3,13,15,19H,4-12,14,16H2,1-2H3. The third kappa shape index (κ3) is 4.48. The Morgan fingerprint density at radius 3 is 2.47 bits per heavy atom. The van der Waals surface area contributed by atoms with Crippen molar-refractivity contribution in [3.05, 3.63) is 29.6 Å². The maximum Gasteiger partial charge on any atom is 0.395 e. The molecule has 0 amide bonds. The Bertz CT molecular complexity index is 1090. The van der Waals surface area contributed by atoms with E-state index in [1.165, 1.54) is 10.6 Å². The smallest absolute Gasteiger partial charge is 0.395 e. The molecule has 1 aromatic heterocycles. The molecule has 0 aromatic carbocycles. The van der Waals surface area contributed by atoms with E-state index in [4.69, 9.17) is 4.74 Å². The molecule has 0 spiro atoms. The van der Waals surface area contributed by atoms with Crippen LogP contribution in [0.4, 0.5) is 13.2 Å². The van der Waals surface area contributed by atoms with Crippen molar-refractivity contribution < 1.29 is 26.3 Å². The van der Waals surface area contributed by atoms with Gasteiger partial charge in [-0.3, -0.25) is 4.98 Å². The average Bonchev–Trinajstić information content (AvgIpc) is 3.48. The second-order valence-corrected chi connectivity index (χ2v) is 12.7. The number of hydrogen-bond acceptors (Lipinski definition) is 5. The number of aromatic nitrogens is 1. The van der Waals surface area contributed by atoms with E-state index in [9.17, 15) is 21.6 Å². The summed E-state index contributed by atoms with van der Waals surface area (Å²) in [7, 11) is -3.20. The van der Waals surface area contributed by atoms with Gasteiger partial charge in [0.15, 0.2) is 0 Å². The van der Waals surface area contributed by atoms with Crippen molar-refractivity contribution in [1.29, 1.82) is 0 Å². The van der Waals surface area contributed by atoms with Gasteiger partial charge in [-0.25, -0.2) is 8.42 Å². The molecule has 0 N–H and O–H groups in total. The molecule has 1 atom stereocenters. The van der Waals surface area contributed by atoms with Crippen molar-refractivity contribution in [2.45, 2.75) is 57.2 Å². The summed E-state index contributed by atoms with van der Waals surface area (Å²) in [5.41, 5.74) is 1.14. The van der Waals surface area contributed by atoms with E-state index >= 15 is 0 Å². The largest absolute Gasteiger partial charge is 0.485 e. The number of pyridine rings is 1. The van der Waals surface area contributed by atoms with E-state index in [1.54, 1.807) is 6.20 Å². The number of piperidine rings is 1. The number of halogens is 3. The molecule has 1 unspecified atom stereocenters. The van der Waals surface area contributed by atoms with E-state index < -0.39 is 21.6 Å². The second kappa shape index (κ2) is 8.20. The van der Waals surface area contributed by atoms with Crippen LogP contribution in [0.5, 0.6) is 5.75 Å². The minimum absolute atomic E-state index is 0.125. The quantitative estimate of drug-likeness (QED) is 0.616. The van der Waals surface area contributed by atoms with Crippen molar-refractivity contribution in [2.75, 3.05) is 39.0 Å². The second-order valence-electron chi connectivity index (χ2n) is 10.7. The van der Waals surface area contributed by atoms with Crippen LogP contribution in [-0.4, -0.2) is 73.4 Å². The lowest BCUT2D eigenvalue weighted by atomic mass is 9.79. The van der Waals surface area contributed by atoms with Gasteiger partial charge in [0.25, 0.3) is 0 Å². The van der Waals surface area contributed by atoms with E-state index in [1.807, 2.05) is 11.0 Å². The molecule has 5 rings (SSSR count). The van der Waals surface area contributed by atoms with Crippen LogP contribution >= 0.6 is 0 Å². The molecule has 4 heterocycles. The zero-order valence-corrected chi connectivity index (χ0v) is 20.5. The van der Waals surface area contributed by atoms with Crippen LogP contribution in [0.3, 0.4) is 0 Å². The van der Waals surface area contributed by atoms with Crippen LogP contribution in [0.15, 0.2) is 18.3 Å². The minimum atomic E-state index is -4.10. The van der Waals surface area contributed by atoms with E-state index in [-0.39, 0.29) is 30.9 Å². The maximum absolute atomic E-state index is 13.3. The highest BCUT2D eigenvalue weighted by Crippen LogP contribution is 2.58. The fourth-order valence-corrected chi connectivity index (χ4v) is 6.55. The molecular formula is C24H32F3N3O3S. The van der Waals surface area contributed by atoms with Crippen molar-refractivity contribution in [3.8, 4) is 5.75 Å². The molecule has 0 radical (unpaired) electrons. The highest BCUT2D eigenvalue weighted by atomic mass is 32.2. The molecule has 188 valence electrons. The molecule has 6 nitrogen and oxygen atoms in total. The first-order valence-electron chi connectivity index (χ1n) is 12.0. The van der Waals surface area contributed by atoms with E-state index in [0.717, 1.165) is 41.8 Å². The molecule has 1 aromatic rings. The Morgan fingerprint density at radius 1 is 1.21 bits per heavy atom. The Balaban J connectivity index is 1.21. The summed E-state index contributed by atoms with van der Waals surface area (Å²) in [4.78, 5) is 6.56. The van der Waals surface area contributed by atoms with E-state index in [2.05, 4.69) is 18.0 Å². The SMILES string of the molecule is CC1(C2CCN(CC3(C(F)(F)F)CC3)CC2)Cc2cc(C3=CCN(S(C)(=O)=O)CC3)ncc2O1. The third-order valence-electron chi connectivity index (χ3n) is 8.24. The van der Waals surface area contributed by atoms with Gasteiger partial charge in [0.2, 0.25) is 10.0 Å². The molecule has 4 aliphatic rings. The summed E-state index contributed by atoms with van der Waals surface area (Å²) in [6.45, 7) is 4.38. The zero-order chi connectivity index (χ0) is 24.4. The first-order valence-corrected chi connectivity index (χ1v) is 13.9. The number of hydrogen-bond donors (Lipinski definition) is 0. The van der Waals surface area contributed by atoms with Gasteiger partial charge in [0.1, 0.15) is 11.4 Å². The number of nitrogens with zero attached hydrogens (tertiary/aromatic N) is 3. The number of sulfonamides is 1. The fourth-order valence-electron chi connectivity index (χ4n) is 5.78. The zero-order valence-electron chi connectivity index (χ0n) is 19.7. The minimum Gasteiger partial charge on any atom is -0.485 e. The lowest BCUT2D eigenvalue weighted by Gasteiger charge is -2.41. The summed E-state index contributed by atoms with van der Waals surface area (Å²) < 4.78 is 71.3. The van der Waals surface area contributed by atoms with Crippen LogP contribution in [0.1, 0.15) is 50.3 Å². The normalized spacial score (nSPS) is 28.3. The van der Waals surface area contributed by atoms with Gasteiger partial charge < -0.3 is 9.64 Å². The number of likely N-dealkylation sites (tertiary alicyclic amines) is 1. The molecule has 1 saturated heterocycles. The first kappa shape index (κ1) is 24.1. The average molecular weight is 500 g/mol. The van der Waals surface area contributed by atoms with Gasteiger partial charge in [-0.05, 0) is 63.8 Å². The first-order chi connectivity index (χ1) is 15.9. The lowest BCUT2D eigenvalue weighted by molar-refractivity contribution is -0.193. The highest BCUT2D eigenvalue weighted by Gasteiger charge is 2.63. The monoisotopic (exact) mass is 499 g/mol. The molecule has 1 aliphatic carbocycles. The lowest BCUT2D eigenvalue weighted by Crippen LogP contribution is -2.48. The summed E-state index contributed by atoms with van der Waals surface area (Å²) >= 11 is 0.